The predicted octanol–water partition coefficient (Wildman–Crippen LogP) is 3.94. The first-order chi connectivity index (χ1) is 10.9. The number of aryl methyl sites for hydroxylation is 1. The number of hydrogen-bond donors (Lipinski definition) is 0. The molecule has 3 nitrogen and oxygen atoms in total. The Morgan fingerprint density at radius 1 is 0.818 bits per heavy atom. The lowest BCUT2D eigenvalue weighted by molar-refractivity contribution is -0.107. The van der Waals surface area contributed by atoms with Crippen LogP contribution in [-0.4, -0.2) is 16.5 Å². The lowest BCUT2D eigenvalue weighted by Gasteiger charge is -2.09. The summed E-state index contributed by atoms with van der Waals surface area (Å²) in [6.07, 6.45) is 2.10. The molecule has 0 aliphatic rings. The van der Waals surface area contributed by atoms with Gasteiger partial charge in [0.15, 0.2) is 0 Å². The second-order valence-corrected chi connectivity index (χ2v) is 5.04. The third-order valence-electron chi connectivity index (χ3n) is 3.52. The van der Waals surface area contributed by atoms with E-state index in [1.54, 1.807) is 0 Å². The first-order valence-corrected chi connectivity index (χ1v) is 7.29. The summed E-state index contributed by atoms with van der Waals surface area (Å²) < 4.78 is 0. The van der Waals surface area contributed by atoms with Gasteiger partial charge in [0.2, 0.25) is 0 Å². The number of nitrogens with zero attached hydrogens (tertiary/aromatic N) is 2. The van der Waals surface area contributed by atoms with Gasteiger partial charge in [0.1, 0.15) is 6.29 Å². The van der Waals surface area contributed by atoms with Gasteiger partial charge in [-0.25, -0.2) is 0 Å². The molecular weight excluding hydrogens is 272 g/mol. The van der Waals surface area contributed by atoms with Crippen LogP contribution in [0.2, 0.25) is 0 Å². The van der Waals surface area contributed by atoms with Crippen molar-refractivity contribution >= 4 is 6.29 Å². The monoisotopic (exact) mass is 288 g/mol. The molecule has 3 rings (SSSR count). The van der Waals surface area contributed by atoms with Gasteiger partial charge in [-0.15, -0.1) is 10.2 Å². The highest BCUT2D eigenvalue weighted by Gasteiger charge is 2.10. The van der Waals surface area contributed by atoms with Gasteiger partial charge in [0.25, 0.3) is 0 Å². The maximum Gasteiger partial charge on any atom is 0.120 e. The number of benzene rings is 2. The average molecular weight is 288 g/mol. The Labute approximate surface area is 129 Å². The fraction of sp³-hybridized carbons (Fsp3) is 0.105. The molecule has 0 spiro atoms. The molecule has 1 heterocycles. The lowest BCUT2D eigenvalue weighted by atomic mass is 10.0. The maximum absolute atomic E-state index is 10.7. The summed E-state index contributed by atoms with van der Waals surface area (Å²) in [5.41, 5.74) is 4.79. The van der Waals surface area contributed by atoms with Gasteiger partial charge >= 0.3 is 0 Å². The van der Waals surface area contributed by atoms with E-state index in [4.69, 9.17) is 0 Å². The van der Waals surface area contributed by atoms with E-state index in [1.165, 1.54) is 0 Å². The molecule has 0 unspecified atom stereocenters. The van der Waals surface area contributed by atoms with Crippen molar-refractivity contribution in [2.45, 2.75) is 12.8 Å². The quantitative estimate of drug-likeness (QED) is 0.668. The Bertz CT molecular complexity index is 755. The lowest BCUT2D eigenvalue weighted by Crippen LogP contribution is -1.99. The van der Waals surface area contributed by atoms with Crippen molar-refractivity contribution < 1.29 is 4.79 Å². The van der Waals surface area contributed by atoms with Crippen LogP contribution in [0.3, 0.4) is 0 Å². The molecule has 0 aliphatic heterocycles. The van der Waals surface area contributed by atoms with Gasteiger partial charge in [-0.3, -0.25) is 0 Å². The van der Waals surface area contributed by atoms with Crippen LogP contribution in [0.5, 0.6) is 0 Å². The molecule has 0 atom stereocenters. The molecular formula is C19H16N2O. The SMILES string of the molecule is O=CCCc1cc(-c2ccccc2)nnc1-c1ccccc1. The molecule has 0 N–H and O–H groups in total. The van der Waals surface area contributed by atoms with Crippen LogP contribution in [0.1, 0.15) is 12.0 Å². The Kier molecular flexibility index (Phi) is 4.35. The van der Waals surface area contributed by atoms with Gasteiger partial charge in [-0.2, -0.15) is 0 Å². The van der Waals surface area contributed by atoms with Crippen molar-refractivity contribution in [2.24, 2.45) is 0 Å². The Morgan fingerprint density at radius 3 is 2.09 bits per heavy atom. The van der Waals surface area contributed by atoms with Crippen LogP contribution >= 0.6 is 0 Å². The summed E-state index contributed by atoms with van der Waals surface area (Å²) in [5.74, 6) is 0. The van der Waals surface area contributed by atoms with Crippen molar-refractivity contribution in [3.63, 3.8) is 0 Å². The molecule has 1 aromatic heterocycles. The minimum atomic E-state index is 0.486. The maximum atomic E-state index is 10.7. The van der Waals surface area contributed by atoms with Gasteiger partial charge in [0.05, 0.1) is 11.4 Å². The number of rotatable bonds is 5. The third kappa shape index (κ3) is 3.09. The van der Waals surface area contributed by atoms with Crippen molar-refractivity contribution in [1.29, 1.82) is 0 Å². The average Bonchev–Trinajstić information content (AvgIpc) is 2.61. The summed E-state index contributed by atoms with van der Waals surface area (Å²) in [5, 5.41) is 8.77. The molecule has 108 valence electrons. The second kappa shape index (κ2) is 6.76. The molecule has 2 aromatic carbocycles. The van der Waals surface area contributed by atoms with Crippen LogP contribution in [-0.2, 0) is 11.2 Å². The number of carbonyl (C=O) groups is 1. The molecule has 0 fully saturated rings. The molecule has 0 aliphatic carbocycles. The first-order valence-electron chi connectivity index (χ1n) is 7.29. The molecule has 0 amide bonds. The second-order valence-electron chi connectivity index (χ2n) is 5.04. The molecule has 0 radical (unpaired) electrons. The van der Waals surface area contributed by atoms with Crippen LogP contribution < -0.4 is 0 Å². The van der Waals surface area contributed by atoms with Crippen LogP contribution in [0.15, 0.2) is 66.7 Å². The zero-order valence-corrected chi connectivity index (χ0v) is 12.1. The van der Waals surface area contributed by atoms with Crippen molar-refractivity contribution in [1.82, 2.24) is 10.2 Å². The van der Waals surface area contributed by atoms with Crippen LogP contribution in [0, 0.1) is 0 Å². The van der Waals surface area contributed by atoms with E-state index < -0.39 is 0 Å². The van der Waals surface area contributed by atoms with E-state index in [9.17, 15) is 4.79 Å². The summed E-state index contributed by atoms with van der Waals surface area (Å²) in [6, 6.07) is 21.9. The number of aromatic nitrogens is 2. The van der Waals surface area contributed by atoms with E-state index in [1.807, 2.05) is 66.7 Å². The molecule has 3 heteroatoms. The van der Waals surface area contributed by atoms with Gasteiger partial charge in [-0.1, -0.05) is 60.7 Å². The normalized spacial score (nSPS) is 10.4. The smallest absolute Gasteiger partial charge is 0.120 e. The minimum absolute atomic E-state index is 0.486. The Hall–Kier alpha value is -2.81. The number of aldehydes is 1. The zero-order chi connectivity index (χ0) is 15.2. The van der Waals surface area contributed by atoms with Crippen LogP contribution in [0.25, 0.3) is 22.5 Å². The molecule has 0 saturated carbocycles. The summed E-state index contributed by atoms with van der Waals surface area (Å²) in [4.78, 5) is 10.7. The van der Waals surface area contributed by atoms with Gasteiger partial charge in [0, 0.05) is 17.5 Å². The topological polar surface area (TPSA) is 42.9 Å². The van der Waals surface area contributed by atoms with Crippen molar-refractivity contribution in [3.8, 4) is 22.5 Å². The summed E-state index contributed by atoms with van der Waals surface area (Å²) in [6.45, 7) is 0. The van der Waals surface area contributed by atoms with Gasteiger partial charge in [-0.05, 0) is 18.1 Å². The van der Waals surface area contributed by atoms with E-state index >= 15 is 0 Å². The number of carbonyl (C=O) groups excluding carboxylic acids is 1. The Morgan fingerprint density at radius 2 is 1.45 bits per heavy atom. The van der Waals surface area contributed by atoms with E-state index in [2.05, 4.69) is 10.2 Å². The Balaban J connectivity index is 2.05. The molecule has 3 aromatic rings. The van der Waals surface area contributed by atoms with Crippen LogP contribution in [0.4, 0.5) is 0 Å². The zero-order valence-electron chi connectivity index (χ0n) is 12.1. The molecule has 0 saturated heterocycles. The highest BCUT2D eigenvalue weighted by molar-refractivity contribution is 5.67. The van der Waals surface area contributed by atoms with E-state index in [-0.39, 0.29) is 0 Å². The fourth-order valence-corrected chi connectivity index (χ4v) is 2.42. The molecule has 0 bridgehead atoms. The third-order valence-corrected chi connectivity index (χ3v) is 3.52. The summed E-state index contributed by atoms with van der Waals surface area (Å²) >= 11 is 0. The van der Waals surface area contributed by atoms with E-state index in [0.717, 1.165) is 34.4 Å². The highest BCUT2D eigenvalue weighted by Crippen LogP contribution is 2.25. The van der Waals surface area contributed by atoms with Crippen molar-refractivity contribution in [2.75, 3.05) is 0 Å². The predicted molar refractivity (Wildman–Crippen MR) is 87.3 cm³/mol. The summed E-state index contributed by atoms with van der Waals surface area (Å²) in [7, 11) is 0. The minimum Gasteiger partial charge on any atom is -0.303 e. The van der Waals surface area contributed by atoms with Gasteiger partial charge < -0.3 is 4.79 Å². The largest absolute Gasteiger partial charge is 0.303 e. The molecule has 22 heavy (non-hydrogen) atoms. The number of hydrogen-bond acceptors (Lipinski definition) is 3. The first kappa shape index (κ1) is 14.1. The fourth-order valence-electron chi connectivity index (χ4n) is 2.42. The standard InChI is InChI=1S/C19H16N2O/c22-13-7-12-17-14-18(15-8-3-1-4-9-15)20-21-19(17)16-10-5-2-6-11-16/h1-6,8-11,13-14H,7,12H2. The van der Waals surface area contributed by atoms with Crippen molar-refractivity contribution in [3.05, 3.63) is 72.3 Å². The highest BCUT2D eigenvalue weighted by atomic mass is 16.1. The van der Waals surface area contributed by atoms with E-state index in [0.29, 0.717) is 12.8 Å².